The second-order valence-corrected chi connectivity index (χ2v) is 9.10. The zero-order valence-corrected chi connectivity index (χ0v) is 17.9. The van der Waals surface area contributed by atoms with Crippen molar-refractivity contribution >= 4 is 21.4 Å². The molecule has 2 aromatic carbocycles. The van der Waals surface area contributed by atoms with Gasteiger partial charge in [0, 0.05) is 11.1 Å². The summed E-state index contributed by atoms with van der Waals surface area (Å²) in [4.78, 5) is 38.6. The summed E-state index contributed by atoms with van der Waals surface area (Å²) < 4.78 is 35.5. The third kappa shape index (κ3) is 8.83. The average molecular weight is 456 g/mol. The molecule has 162 valence electrons. The Bertz CT molecular complexity index is 965. The van der Waals surface area contributed by atoms with Crippen LogP contribution in [0.4, 0.5) is 0 Å². The highest BCUT2D eigenvalue weighted by Gasteiger charge is 2.31. The van der Waals surface area contributed by atoms with Crippen LogP contribution < -0.4 is 0 Å². The molecule has 9 nitrogen and oxygen atoms in total. The number of rotatable bonds is 11. The number of carbonyl (C=O) groups is 1. The Morgan fingerprint density at radius 2 is 1.57 bits per heavy atom. The highest BCUT2D eigenvalue weighted by Crippen LogP contribution is 2.57. The molecule has 30 heavy (non-hydrogen) atoms. The largest absolute Gasteiger partial charge is 0.481 e. The summed E-state index contributed by atoms with van der Waals surface area (Å²) in [6, 6.07) is 16.0. The third-order valence-corrected chi connectivity index (χ3v) is 5.88. The Labute approximate surface area is 173 Å². The van der Waals surface area contributed by atoms with Crippen molar-refractivity contribution in [1.29, 1.82) is 0 Å². The normalized spacial score (nSPS) is 14.3. The second kappa shape index (κ2) is 10.9. The van der Waals surface area contributed by atoms with E-state index in [9.17, 15) is 13.9 Å². The minimum Gasteiger partial charge on any atom is -0.372 e. The van der Waals surface area contributed by atoms with Crippen molar-refractivity contribution in [1.82, 2.24) is 0 Å². The van der Waals surface area contributed by atoms with Crippen molar-refractivity contribution < 1.29 is 42.2 Å². The second-order valence-electron chi connectivity index (χ2n) is 6.27. The van der Waals surface area contributed by atoms with E-state index >= 15 is 0 Å². The first-order chi connectivity index (χ1) is 14.1. The summed E-state index contributed by atoms with van der Waals surface area (Å²) in [5.74, 6) is -0.0641. The van der Waals surface area contributed by atoms with Crippen LogP contribution in [-0.4, -0.2) is 33.7 Å². The first-order valence-electron chi connectivity index (χ1n) is 8.72. The molecule has 0 bridgehead atoms. The lowest BCUT2D eigenvalue weighted by Gasteiger charge is -2.11. The predicted molar refractivity (Wildman–Crippen MR) is 109 cm³/mol. The van der Waals surface area contributed by atoms with Gasteiger partial charge < -0.3 is 19.4 Å². The van der Waals surface area contributed by atoms with Crippen molar-refractivity contribution in [2.75, 3.05) is 13.2 Å². The van der Waals surface area contributed by atoms with E-state index in [-0.39, 0.29) is 25.6 Å². The van der Waals surface area contributed by atoms with Gasteiger partial charge in [-0.1, -0.05) is 60.7 Å². The summed E-state index contributed by atoms with van der Waals surface area (Å²) in [6.45, 7) is 1.78. The lowest BCUT2D eigenvalue weighted by molar-refractivity contribution is 0.103. The molecule has 0 aliphatic rings. The van der Waals surface area contributed by atoms with Crippen LogP contribution in [0, 0.1) is 0 Å². The zero-order valence-electron chi connectivity index (χ0n) is 16.1. The summed E-state index contributed by atoms with van der Waals surface area (Å²) in [7, 11) is -9.99. The molecule has 2 aromatic rings. The molecule has 0 fully saturated rings. The van der Waals surface area contributed by atoms with Crippen LogP contribution in [0.15, 0.2) is 66.2 Å². The number of ether oxygens (including phenoxy) is 1. The molecular weight excluding hydrogens is 434 g/mol. The molecule has 11 heteroatoms. The van der Waals surface area contributed by atoms with Crippen LogP contribution in [0.1, 0.15) is 28.4 Å². The summed E-state index contributed by atoms with van der Waals surface area (Å²) in [5.41, 5.74) is 2.72. The van der Waals surface area contributed by atoms with Gasteiger partial charge in [-0.25, -0.2) is 9.13 Å². The van der Waals surface area contributed by atoms with Gasteiger partial charge in [0.05, 0.1) is 19.8 Å². The lowest BCUT2D eigenvalue weighted by atomic mass is 10.0. The van der Waals surface area contributed by atoms with E-state index in [0.717, 1.165) is 5.56 Å². The number of carbonyl (C=O) groups excluding carboxylic acids is 1. The Morgan fingerprint density at radius 3 is 2.17 bits per heavy atom. The number of benzene rings is 2. The van der Waals surface area contributed by atoms with Gasteiger partial charge in [-0.3, -0.25) is 9.32 Å². The number of phosphoric acid groups is 2. The monoisotopic (exact) mass is 456 g/mol. The van der Waals surface area contributed by atoms with Crippen molar-refractivity contribution in [2.45, 2.75) is 13.5 Å². The van der Waals surface area contributed by atoms with Crippen LogP contribution in [0.5, 0.6) is 0 Å². The molecule has 0 saturated carbocycles. The maximum Gasteiger partial charge on any atom is 0.481 e. The van der Waals surface area contributed by atoms with Crippen LogP contribution in [0.25, 0.3) is 0 Å². The Morgan fingerprint density at radius 1 is 0.967 bits per heavy atom. The van der Waals surface area contributed by atoms with Crippen LogP contribution in [-0.2, 0) is 29.3 Å². The van der Waals surface area contributed by atoms with Gasteiger partial charge in [0.15, 0.2) is 5.78 Å². The maximum absolute atomic E-state index is 12.4. The molecule has 0 amide bonds. The van der Waals surface area contributed by atoms with Crippen molar-refractivity contribution in [2.24, 2.45) is 0 Å². The average Bonchev–Trinajstić information content (AvgIpc) is 2.66. The van der Waals surface area contributed by atoms with E-state index < -0.39 is 15.6 Å². The van der Waals surface area contributed by atoms with E-state index in [1.54, 1.807) is 55.5 Å². The van der Waals surface area contributed by atoms with Gasteiger partial charge in [0.2, 0.25) is 0 Å². The number of hydrogen-bond donors (Lipinski definition) is 3. The van der Waals surface area contributed by atoms with Gasteiger partial charge >= 0.3 is 15.6 Å². The Hall–Kier alpha value is -1.93. The molecule has 0 radical (unpaired) electrons. The van der Waals surface area contributed by atoms with Crippen molar-refractivity contribution in [3.8, 4) is 0 Å². The van der Waals surface area contributed by atoms with E-state index in [1.807, 2.05) is 6.07 Å². The molecule has 0 aliphatic carbocycles. The van der Waals surface area contributed by atoms with E-state index in [2.05, 4.69) is 8.83 Å². The van der Waals surface area contributed by atoms with E-state index in [4.69, 9.17) is 19.4 Å². The molecule has 1 atom stereocenters. The molecule has 1 unspecified atom stereocenters. The summed E-state index contributed by atoms with van der Waals surface area (Å²) >= 11 is 0. The Balaban J connectivity index is 1.78. The molecule has 0 aromatic heterocycles. The fourth-order valence-electron chi connectivity index (χ4n) is 2.33. The smallest absolute Gasteiger partial charge is 0.372 e. The minimum atomic E-state index is -5.13. The van der Waals surface area contributed by atoms with Gasteiger partial charge in [-0.05, 0) is 18.1 Å². The molecule has 2 rings (SSSR count). The number of phosphoric ester groups is 1. The summed E-state index contributed by atoms with van der Waals surface area (Å²) in [5, 5.41) is 0. The number of ketones is 1. The first kappa shape index (κ1) is 24.3. The first-order valence-corrected chi connectivity index (χ1v) is 11.7. The van der Waals surface area contributed by atoms with Gasteiger partial charge in [0.25, 0.3) is 0 Å². The van der Waals surface area contributed by atoms with Crippen LogP contribution in [0.3, 0.4) is 0 Å². The Kier molecular flexibility index (Phi) is 8.85. The fraction of sp³-hybridized carbons (Fsp3) is 0.211. The molecule has 3 N–H and O–H groups in total. The van der Waals surface area contributed by atoms with Gasteiger partial charge in [-0.15, -0.1) is 0 Å². The van der Waals surface area contributed by atoms with Crippen LogP contribution >= 0.6 is 15.6 Å². The minimum absolute atomic E-state index is 0.0641. The fourth-order valence-corrected chi connectivity index (χ4v) is 3.86. The van der Waals surface area contributed by atoms with Crippen molar-refractivity contribution in [3.05, 3.63) is 82.9 Å². The molecule has 0 heterocycles. The topological polar surface area (TPSA) is 140 Å². The SMILES string of the molecule is C/C(=C\COP(=O)(O)OP(=O)(O)O)COCc1ccc(C(=O)c2ccccc2)cc1. The molecule has 0 spiro atoms. The number of hydrogen-bond acceptors (Lipinski definition) is 6. The van der Waals surface area contributed by atoms with E-state index in [1.165, 1.54) is 6.08 Å². The van der Waals surface area contributed by atoms with Gasteiger partial charge in [-0.2, -0.15) is 4.31 Å². The lowest BCUT2D eigenvalue weighted by Crippen LogP contribution is -2.02. The summed E-state index contributed by atoms with van der Waals surface area (Å²) in [6.07, 6.45) is 1.42. The third-order valence-electron chi connectivity index (χ3n) is 3.73. The molecule has 0 saturated heterocycles. The van der Waals surface area contributed by atoms with E-state index in [0.29, 0.717) is 16.7 Å². The standard InChI is InChI=1S/C19H22O9P2/c1-15(11-12-27-30(24,25)28-29(21,22)23)13-26-14-16-7-9-18(10-8-16)19(20)17-5-3-2-4-6-17/h2-11H,12-14H2,1H3,(H,24,25)(H2,21,22,23)/b15-11+. The molecule has 0 aliphatic heterocycles. The zero-order chi connectivity index (χ0) is 22.2. The highest BCUT2D eigenvalue weighted by atomic mass is 31.3. The predicted octanol–water partition coefficient (Wildman–Crippen LogP) is 3.61. The quantitative estimate of drug-likeness (QED) is 0.263. The van der Waals surface area contributed by atoms with Gasteiger partial charge in [0.1, 0.15) is 0 Å². The highest BCUT2D eigenvalue weighted by molar-refractivity contribution is 7.60. The van der Waals surface area contributed by atoms with Crippen molar-refractivity contribution in [3.63, 3.8) is 0 Å². The molecular formula is C19H22O9P2. The van der Waals surface area contributed by atoms with Crippen LogP contribution in [0.2, 0.25) is 0 Å². The maximum atomic E-state index is 12.4.